The first-order valence-corrected chi connectivity index (χ1v) is 5.58. The van der Waals surface area contributed by atoms with Crippen molar-refractivity contribution in [2.75, 3.05) is 18.0 Å². The zero-order chi connectivity index (χ0) is 13.6. The summed E-state index contributed by atoms with van der Waals surface area (Å²) in [4.78, 5) is 1.59. The molecule has 3 nitrogen and oxygen atoms in total. The van der Waals surface area contributed by atoms with Crippen LogP contribution in [0.1, 0.15) is 12.8 Å². The fourth-order valence-electron chi connectivity index (χ4n) is 1.53. The van der Waals surface area contributed by atoms with Crippen molar-refractivity contribution < 1.29 is 13.2 Å². The lowest BCUT2D eigenvalue weighted by Gasteiger charge is -2.25. The number of alkyl halides is 3. The first-order chi connectivity index (χ1) is 8.38. The molecule has 0 saturated heterocycles. The predicted octanol–water partition coefficient (Wildman–Crippen LogP) is 2.77. The van der Waals surface area contributed by atoms with Crippen molar-refractivity contribution >= 4 is 11.5 Å². The maximum absolute atomic E-state index is 12.2. The molecule has 0 spiro atoms. The van der Waals surface area contributed by atoms with Gasteiger partial charge in [-0.15, -0.1) is 0 Å². The summed E-state index contributed by atoms with van der Waals surface area (Å²) in [5.41, 5.74) is 5.95. The number of benzene rings is 1. The lowest BCUT2D eigenvalue weighted by molar-refractivity contribution is -0.132. The fourth-order valence-corrected chi connectivity index (χ4v) is 1.53. The van der Waals surface area contributed by atoms with Crippen molar-refractivity contribution in [1.82, 2.24) is 0 Å². The van der Waals surface area contributed by atoms with Gasteiger partial charge in [0.15, 0.2) is 0 Å². The maximum Gasteiger partial charge on any atom is 0.390 e. The lowest BCUT2D eigenvalue weighted by atomic mass is 10.2. The Bertz CT molecular complexity index is 376. The van der Waals surface area contributed by atoms with Crippen LogP contribution < -0.4 is 10.6 Å². The summed E-state index contributed by atoms with van der Waals surface area (Å²) >= 11 is 0. The number of hydrogen-bond acceptors (Lipinski definition) is 2. The first kappa shape index (κ1) is 14.3. The number of nitrogens with two attached hydrogens (primary N) is 1. The Morgan fingerprint density at radius 2 is 1.78 bits per heavy atom. The van der Waals surface area contributed by atoms with Crippen LogP contribution in [-0.2, 0) is 0 Å². The third kappa shape index (κ3) is 5.56. The molecule has 0 aromatic heterocycles. The Morgan fingerprint density at radius 1 is 1.17 bits per heavy atom. The highest BCUT2D eigenvalue weighted by atomic mass is 19.4. The Morgan fingerprint density at radius 3 is 2.28 bits per heavy atom. The Kier molecular flexibility index (Phi) is 5.00. The van der Waals surface area contributed by atoms with Gasteiger partial charge in [0.05, 0.1) is 12.3 Å². The molecular weight excluding hydrogens is 243 g/mol. The average Bonchev–Trinajstić information content (AvgIpc) is 2.28. The van der Waals surface area contributed by atoms with E-state index in [2.05, 4.69) is 0 Å². The van der Waals surface area contributed by atoms with Crippen molar-refractivity contribution in [3.63, 3.8) is 0 Å². The molecule has 0 saturated carbocycles. The zero-order valence-corrected chi connectivity index (χ0v) is 9.87. The summed E-state index contributed by atoms with van der Waals surface area (Å²) in [5.74, 6) is -0.0251. The third-order valence-electron chi connectivity index (χ3n) is 2.44. The van der Waals surface area contributed by atoms with Gasteiger partial charge in [-0.25, -0.2) is 0 Å². The summed E-state index contributed by atoms with van der Waals surface area (Å²) < 4.78 is 36.7. The molecule has 6 heteroatoms. The molecule has 0 aliphatic carbocycles. The molecule has 0 aliphatic heterocycles. The molecule has 0 radical (unpaired) electrons. The van der Waals surface area contributed by atoms with Crippen molar-refractivity contribution in [2.45, 2.75) is 19.0 Å². The molecule has 0 atom stereocenters. The molecule has 0 fully saturated rings. The van der Waals surface area contributed by atoms with Crippen molar-refractivity contribution in [3.05, 3.63) is 30.3 Å². The lowest BCUT2D eigenvalue weighted by Crippen LogP contribution is -2.31. The summed E-state index contributed by atoms with van der Waals surface area (Å²) in [7, 11) is 0. The number of halogens is 3. The second kappa shape index (κ2) is 6.28. The van der Waals surface area contributed by atoms with E-state index in [9.17, 15) is 13.2 Å². The van der Waals surface area contributed by atoms with E-state index in [1.165, 1.54) is 0 Å². The standard InChI is InChI=1S/C12H16F3N3/c13-12(14,15)7-9-18(8-6-11(16)17)10-4-2-1-3-5-10/h1-5H,6-9H2,(H3,16,17). The van der Waals surface area contributed by atoms with Crippen LogP contribution in [-0.4, -0.2) is 25.1 Å². The highest BCUT2D eigenvalue weighted by molar-refractivity contribution is 5.77. The van der Waals surface area contributed by atoms with Crippen LogP contribution in [0.3, 0.4) is 0 Å². The predicted molar refractivity (Wildman–Crippen MR) is 65.9 cm³/mol. The molecule has 0 heterocycles. The summed E-state index contributed by atoms with van der Waals surface area (Å²) in [5, 5.41) is 7.13. The molecule has 100 valence electrons. The number of nitrogens with one attached hydrogen (secondary N) is 1. The number of para-hydroxylation sites is 1. The van der Waals surface area contributed by atoms with E-state index < -0.39 is 12.6 Å². The highest BCUT2D eigenvalue weighted by Gasteiger charge is 2.27. The number of nitrogens with zero attached hydrogens (tertiary/aromatic N) is 1. The van der Waals surface area contributed by atoms with Crippen LogP contribution in [0.5, 0.6) is 0 Å². The van der Waals surface area contributed by atoms with Crippen LogP contribution in [0.15, 0.2) is 30.3 Å². The fraction of sp³-hybridized carbons (Fsp3) is 0.417. The topological polar surface area (TPSA) is 53.1 Å². The number of hydrogen-bond donors (Lipinski definition) is 2. The molecule has 3 N–H and O–H groups in total. The molecule has 1 aromatic carbocycles. The second-order valence-electron chi connectivity index (χ2n) is 3.96. The van der Waals surface area contributed by atoms with Gasteiger partial charge < -0.3 is 10.6 Å². The van der Waals surface area contributed by atoms with E-state index in [1.807, 2.05) is 0 Å². The first-order valence-electron chi connectivity index (χ1n) is 5.58. The van der Waals surface area contributed by atoms with Crippen molar-refractivity contribution in [1.29, 1.82) is 5.41 Å². The molecule has 0 aliphatic rings. The Labute approximate surface area is 104 Å². The molecule has 1 rings (SSSR count). The molecule has 1 aromatic rings. The summed E-state index contributed by atoms with van der Waals surface area (Å²) in [6.45, 7) is 0.191. The monoisotopic (exact) mass is 259 g/mol. The van der Waals surface area contributed by atoms with Gasteiger partial charge in [-0.1, -0.05) is 18.2 Å². The van der Waals surface area contributed by atoms with Gasteiger partial charge >= 0.3 is 6.18 Å². The van der Waals surface area contributed by atoms with Gasteiger partial charge in [0.2, 0.25) is 0 Å². The minimum absolute atomic E-state index is 0.0251. The molecule has 0 bridgehead atoms. The minimum Gasteiger partial charge on any atom is -0.388 e. The van der Waals surface area contributed by atoms with Gasteiger partial charge in [-0.05, 0) is 12.1 Å². The quantitative estimate of drug-likeness (QED) is 0.609. The largest absolute Gasteiger partial charge is 0.390 e. The third-order valence-corrected chi connectivity index (χ3v) is 2.44. The molecular formula is C12H16F3N3. The van der Waals surface area contributed by atoms with Gasteiger partial charge in [0.1, 0.15) is 0 Å². The normalized spacial score (nSPS) is 11.3. The maximum atomic E-state index is 12.2. The van der Waals surface area contributed by atoms with Gasteiger partial charge in [0, 0.05) is 25.2 Å². The molecule has 0 unspecified atom stereocenters. The van der Waals surface area contributed by atoms with E-state index >= 15 is 0 Å². The van der Waals surface area contributed by atoms with Gasteiger partial charge in [-0.3, -0.25) is 5.41 Å². The summed E-state index contributed by atoms with van der Waals surface area (Å²) in [6.07, 6.45) is -4.80. The van der Waals surface area contributed by atoms with Crippen molar-refractivity contribution in [3.8, 4) is 0 Å². The number of rotatable bonds is 6. The molecule has 18 heavy (non-hydrogen) atoms. The van der Waals surface area contributed by atoms with Gasteiger partial charge in [0.25, 0.3) is 0 Å². The van der Waals surface area contributed by atoms with Crippen LogP contribution >= 0.6 is 0 Å². The van der Waals surface area contributed by atoms with Crippen LogP contribution in [0.25, 0.3) is 0 Å². The van der Waals surface area contributed by atoms with E-state index in [0.717, 1.165) is 0 Å². The Hall–Kier alpha value is -1.72. The second-order valence-corrected chi connectivity index (χ2v) is 3.96. The van der Waals surface area contributed by atoms with E-state index in [1.54, 1.807) is 35.2 Å². The Balaban J connectivity index is 2.66. The van der Waals surface area contributed by atoms with E-state index in [0.29, 0.717) is 12.2 Å². The smallest absolute Gasteiger partial charge is 0.388 e. The highest BCUT2D eigenvalue weighted by Crippen LogP contribution is 2.22. The van der Waals surface area contributed by atoms with Gasteiger partial charge in [-0.2, -0.15) is 13.2 Å². The number of anilines is 1. The number of amidine groups is 1. The summed E-state index contributed by atoms with van der Waals surface area (Å²) in [6, 6.07) is 8.83. The van der Waals surface area contributed by atoms with Crippen LogP contribution in [0.4, 0.5) is 18.9 Å². The molecule has 0 amide bonds. The van der Waals surface area contributed by atoms with Crippen LogP contribution in [0.2, 0.25) is 0 Å². The zero-order valence-electron chi connectivity index (χ0n) is 9.87. The minimum atomic E-state index is -4.18. The van der Waals surface area contributed by atoms with E-state index in [-0.39, 0.29) is 18.8 Å². The van der Waals surface area contributed by atoms with Crippen LogP contribution in [0, 0.1) is 5.41 Å². The SMILES string of the molecule is N=C(N)CCN(CCC(F)(F)F)c1ccccc1. The van der Waals surface area contributed by atoms with Crippen molar-refractivity contribution in [2.24, 2.45) is 5.73 Å². The average molecular weight is 259 g/mol. The van der Waals surface area contributed by atoms with E-state index in [4.69, 9.17) is 11.1 Å².